The van der Waals surface area contributed by atoms with Gasteiger partial charge in [-0.1, -0.05) is 82.3 Å². The standard InChI is InChI=1S/C22H15Cl2N4.C7H8O3S/c1-14-27(15-8-4-2-5-9-15)21-22(28(14)16-10-6-3-7-11-16)26-20-13-18(24)17(23)12-19(20)25-21;1-6-2-4-7(5-3-6)11(8,9)10/h2-13H,1H3;2-5H,1H3,(H,8,9,10)/q+1;/p-1. The fraction of sp³-hybridized carbons (Fsp3) is 0.0690. The molecule has 0 atom stereocenters. The zero-order chi connectivity index (χ0) is 27.7. The lowest BCUT2D eigenvalue weighted by Gasteiger charge is -2.05. The van der Waals surface area contributed by atoms with Crippen molar-refractivity contribution in [2.45, 2.75) is 18.7 Å². The molecular weight excluding hydrogens is 555 g/mol. The van der Waals surface area contributed by atoms with Crippen molar-refractivity contribution in [1.82, 2.24) is 14.5 Å². The van der Waals surface area contributed by atoms with Crippen LogP contribution in [0.15, 0.2) is 102 Å². The number of imidazole rings is 1. The van der Waals surface area contributed by atoms with Crippen molar-refractivity contribution < 1.29 is 17.5 Å². The van der Waals surface area contributed by atoms with Gasteiger partial charge in [0.15, 0.2) is 5.52 Å². The molecule has 0 saturated heterocycles. The lowest BCUT2D eigenvalue weighted by molar-refractivity contribution is -0.577. The predicted octanol–water partition coefficient (Wildman–Crippen LogP) is 6.36. The number of aromatic nitrogens is 4. The zero-order valence-electron chi connectivity index (χ0n) is 20.9. The van der Waals surface area contributed by atoms with Crippen LogP contribution < -0.4 is 4.57 Å². The average molecular weight is 577 g/mol. The van der Waals surface area contributed by atoms with Crippen LogP contribution in [0.1, 0.15) is 11.4 Å². The molecule has 0 aliphatic rings. The van der Waals surface area contributed by atoms with Crippen LogP contribution in [0.2, 0.25) is 10.0 Å². The molecule has 0 bridgehead atoms. The molecule has 2 heterocycles. The first-order valence-electron chi connectivity index (χ1n) is 11.9. The van der Waals surface area contributed by atoms with Crippen LogP contribution in [0.25, 0.3) is 33.7 Å². The van der Waals surface area contributed by atoms with Gasteiger partial charge in [0.2, 0.25) is 5.82 Å². The first kappa shape index (κ1) is 26.8. The summed E-state index contributed by atoms with van der Waals surface area (Å²) in [4.78, 5) is 9.62. The normalized spacial score (nSPS) is 11.4. The van der Waals surface area contributed by atoms with E-state index < -0.39 is 10.1 Å². The highest BCUT2D eigenvalue weighted by molar-refractivity contribution is 7.85. The van der Waals surface area contributed by atoms with E-state index in [4.69, 9.17) is 33.2 Å². The van der Waals surface area contributed by atoms with Crippen LogP contribution in [0.4, 0.5) is 0 Å². The lowest BCUT2D eigenvalue weighted by atomic mass is 10.2. The topological polar surface area (TPSA) is 91.8 Å². The van der Waals surface area contributed by atoms with Crippen LogP contribution in [-0.4, -0.2) is 27.5 Å². The summed E-state index contributed by atoms with van der Waals surface area (Å²) in [5.41, 5.74) is 5.91. The monoisotopic (exact) mass is 576 g/mol. The van der Waals surface area contributed by atoms with Gasteiger partial charge in [-0.25, -0.2) is 18.0 Å². The second-order valence-corrected chi connectivity index (χ2v) is 11.0. The van der Waals surface area contributed by atoms with E-state index in [2.05, 4.69) is 40.3 Å². The van der Waals surface area contributed by atoms with Gasteiger partial charge in [0.05, 0.1) is 14.9 Å². The second kappa shape index (κ2) is 10.7. The maximum Gasteiger partial charge on any atom is 0.328 e. The Kier molecular flexibility index (Phi) is 7.38. The van der Waals surface area contributed by atoms with E-state index in [-0.39, 0.29) is 4.90 Å². The summed E-state index contributed by atoms with van der Waals surface area (Å²) in [6.07, 6.45) is 0. The molecule has 0 radical (unpaired) electrons. The van der Waals surface area contributed by atoms with Gasteiger partial charge in [-0.3, -0.25) is 0 Å². The molecule has 0 amide bonds. The smallest absolute Gasteiger partial charge is 0.328 e. The van der Waals surface area contributed by atoms with Crippen LogP contribution in [0.5, 0.6) is 0 Å². The third-order valence-electron chi connectivity index (χ3n) is 6.08. The fourth-order valence-corrected chi connectivity index (χ4v) is 5.00. The molecular formula is C29H22Cl2N4O3S. The Labute approximate surface area is 235 Å². The zero-order valence-corrected chi connectivity index (χ0v) is 23.2. The number of rotatable bonds is 3. The molecule has 0 aliphatic heterocycles. The number of nitrogens with zero attached hydrogens (tertiary/aromatic N) is 4. The van der Waals surface area contributed by atoms with E-state index in [1.807, 2.05) is 43.3 Å². The molecule has 7 nitrogen and oxygen atoms in total. The van der Waals surface area contributed by atoms with Crippen molar-refractivity contribution >= 4 is 55.6 Å². The van der Waals surface area contributed by atoms with Crippen LogP contribution in [0, 0.1) is 13.8 Å². The number of benzene rings is 4. The fourth-order valence-electron chi connectivity index (χ4n) is 4.22. The largest absolute Gasteiger partial charge is 0.744 e. The highest BCUT2D eigenvalue weighted by Crippen LogP contribution is 2.28. The number of hydrogen-bond acceptors (Lipinski definition) is 5. The Bertz CT molecular complexity index is 1810. The Balaban J connectivity index is 0.000000237. The maximum absolute atomic E-state index is 10.4. The second-order valence-electron chi connectivity index (χ2n) is 8.78. The van der Waals surface area contributed by atoms with E-state index in [1.165, 1.54) is 12.1 Å². The molecule has 0 saturated carbocycles. The van der Waals surface area contributed by atoms with Gasteiger partial charge in [0.25, 0.3) is 5.65 Å². The molecule has 2 aromatic heterocycles. The van der Waals surface area contributed by atoms with Crippen molar-refractivity contribution in [3.8, 4) is 11.4 Å². The van der Waals surface area contributed by atoms with Gasteiger partial charge < -0.3 is 4.55 Å². The summed E-state index contributed by atoms with van der Waals surface area (Å²) >= 11 is 12.4. The summed E-state index contributed by atoms with van der Waals surface area (Å²) in [7, 11) is -4.27. The molecule has 0 aliphatic carbocycles. The van der Waals surface area contributed by atoms with Gasteiger partial charge in [-0.05, 0) is 49.4 Å². The van der Waals surface area contributed by atoms with E-state index in [9.17, 15) is 13.0 Å². The molecule has 0 spiro atoms. The third kappa shape index (κ3) is 5.51. The van der Waals surface area contributed by atoms with Crippen LogP contribution >= 0.6 is 23.2 Å². The minimum atomic E-state index is -4.27. The van der Waals surface area contributed by atoms with Gasteiger partial charge in [0.1, 0.15) is 27.0 Å². The summed E-state index contributed by atoms with van der Waals surface area (Å²) < 4.78 is 35.4. The summed E-state index contributed by atoms with van der Waals surface area (Å²) in [6, 6.07) is 29.6. The highest BCUT2D eigenvalue weighted by atomic mass is 35.5. The van der Waals surface area contributed by atoms with Crippen molar-refractivity contribution in [3.63, 3.8) is 0 Å². The van der Waals surface area contributed by atoms with Gasteiger partial charge in [-0.2, -0.15) is 4.57 Å². The third-order valence-corrected chi connectivity index (χ3v) is 7.65. The molecule has 0 fully saturated rings. The molecule has 39 heavy (non-hydrogen) atoms. The predicted molar refractivity (Wildman–Crippen MR) is 152 cm³/mol. The molecule has 6 aromatic rings. The molecule has 0 unspecified atom stereocenters. The number of aryl methyl sites for hydroxylation is 1. The first-order chi connectivity index (χ1) is 18.6. The minimum absolute atomic E-state index is 0.178. The Morgan fingerprint density at radius 1 is 0.769 bits per heavy atom. The number of halogens is 2. The summed E-state index contributed by atoms with van der Waals surface area (Å²) in [6.45, 7) is 3.88. The Morgan fingerprint density at radius 3 is 1.87 bits per heavy atom. The van der Waals surface area contributed by atoms with Crippen molar-refractivity contribution in [2.24, 2.45) is 0 Å². The maximum atomic E-state index is 10.4. The van der Waals surface area contributed by atoms with Gasteiger partial charge in [0, 0.05) is 13.0 Å². The van der Waals surface area contributed by atoms with E-state index in [1.54, 1.807) is 24.3 Å². The van der Waals surface area contributed by atoms with Crippen molar-refractivity contribution in [1.29, 1.82) is 0 Å². The number of hydrogen-bond donors (Lipinski definition) is 0. The van der Waals surface area contributed by atoms with Crippen molar-refractivity contribution in [2.75, 3.05) is 0 Å². The van der Waals surface area contributed by atoms with E-state index in [0.29, 0.717) is 21.1 Å². The van der Waals surface area contributed by atoms with Gasteiger partial charge >= 0.3 is 5.65 Å². The summed E-state index contributed by atoms with van der Waals surface area (Å²) in [5.74, 6) is 1.000. The van der Waals surface area contributed by atoms with Gasteiger partial charge in [-0.15, -0.1) is 0 Å². The Hall–Kier alpha value is -3.82. The molecule has 4 aromatic carbocycles. The lowest BCUT2D eigenvalue weighted by Crippen LogP contribution is -2.34. The highest BCUT2D eigenvalue weighted by Gasteiger charge is 2.27. The van der Waals surface area contributed by atoms with Crippen LogP contribution in [-0.2, 0) is 10.1 Å². The average Bonchev–Trinajstić information content (AvgIpc) is 3.19. The van der Waals surface area contributed by atoms with E-state index >= 15 is 0 Å². The van der Waals surface area contributed by atoms with Crippen LogP contribution in [0.3, 0.4) is 0 Å². The molecule has 10 heteroatoms. The molecule has 196 valence electrons. The Morgan fingerprint density at radius 2 is 1.31 bits per heavy atom. The van der Waals surface area contributed by atoms with E-state index in [0.717, 1.165) is 34.1 Å². The number of fused-ring (bicyclic) bond motifs is 2. The first-order valence-corrected chi connectivity index (χ1v) is 14.0. The van der Waals surface area contributed by atoms with Crippen molar-refractivity contribution in [3.05, 3.63) is 118 Å². The molecule has 6 rings (SSSR count). The minimum Gasteiger partial charge on any atom is -0.744 e. The number of para-hydroxylation sites is 2. The summed E-state index contributed by atoms with van der Waals surface area (Å²) in [5, 5.41) is 0.932. The quantitative estimate of drug-likeness (QED) is 0.180. The molecule has 0 N–H and O–H groups in total. The SMILES string of the molecule is Cc1ccc(S(=O)(=O)[O-])cc1.Cc1n(-c2ccccc2)c2nc3cc(Cl)c(Cl)cc3nc2[n+]1-c1ccccc1.